The molecule has 1 heterocycles. The summed E-state index contributed by atoms with van der Waals surface area (Å²) >= 11 is 0. The van der Waals surface area contributed by atoms with E-state index in [1.165, 1.54) is 38.5 Å². The number of nitrogens with zero attached hydrogens (tertiary/aromatic N) is 2. The highest BCUT2D eigenvalue weighted by Gasteiger charge is 2.19. The molecular formula is C13H13N3O7S. The molecule has 0 aliphatic rings. The van der Waals surface area contributed by atoms with Crippen molar-refractivity contribution < 1.29 is 27.2 Å². The number of hydrogen-bond acceptors (Lipinski definition) is 8. The summed E-state index contributed by atoms with van der Waals surface area (Å²) in [4.78, 5) is 11.6. The van der Waals surface area contributed by atoms with Gasteiger partial charge in [-0.05, 0) is 18.2 Å². The fourth-order valence-electron chi connectivity index (χ4n) is 1.72. The lowest BCUT2D eigenvalue weighted by atomic mass is 10.3. The molecule has 0 saturated carbocycles. The molecule has 0 bridgehead atoms. The fraction of sp³-hybridized carbons (Fsp3) is 0.154. The molecule has 0 amide bonds. The van der Waals surface area contributed by atoms with Crippen LogP contribution in [0.4, 0.5) is 5.88 Å². The molecule has 1 N–H and O–H groups in total. The number of ether oxygens (including phenoxy) is 2. The Labute approximate surface area is 136 Å². The first-order valence-corrected chi connectivity index (χ1v) is 7.87. The Kier molecular flexibility index (Phi) is 5.04. The summed E-state index contributed by atoms with van der Waals surface area (Å²) in [6, 6.07) is 6.57. The maximum Gasteiger partial charge on any atom is 0.433 e. The van der Waals surface area contributed by atoms with Gasteiger partial charge in [-0.3, -0.25) is 10.1 Å². The summed E-state index contributed by atoms with van der Waals surface area (Å²) in [7, 11) is -1.25. The number of methoxy groups -OCH3 is 2. The molecule has 11 heteroatoms. The third kappa shape index (κ3) is 3.81. The molecule has 0 radical (unpaired) electrons. The first kappa shape index (κ1) is 17.3. The van der Waals surface area contributed by atoms with Gasteiger partial charge in [0.15, 0.2) is 5.76 Å². The Morgan fingerprint density at radius 2 is 2.00 bits per heavy atom. The normalized spacial score (nSPS) is 11.4. The minimum atomic E-state index is -4.01. The largest absolute Gasteiger partial charge is 0.497 e. The van der Waals surface area contributed by atoms with Gasteiger partial charge in [0.2, 0.25) is 0 Å². The quantitative estimate of drug-likeness (QED) is 0.452. The zero-order valence-electron chi connectivity index (χ0n) is 12.6. The van der Waals surface area contributed by atoms with Gasteiger partial charge in [-0.1, -0.05) is 0 Å². The van der Waals surface area contributed by atoms with E-state index in [0.29, 0.717) is 5.75 Å². The molecule has 0 spiro atoms. The number of hydrazone groups is 1. The van der Waals surface area contributed by atoms with E-state index in [0.717, 1.165) is 12.3 Å². The molecule has 1 aromatic carbocycles. The molecule has 0 aliphatic heterocycles. The SMILES string of the molecule is COc1ccc(S(=O)(=O)NN=Cc2ccc([N+](=O)[O-])o2)c(OC)c1. The van der Waals surface area contributed by atoms with Gasteiger partial charge in [-0.15, -0.1) is 0 Å². The summed E-state index contributed by atoms with van der Waals surface area (Å²) < 4.78 is 39.3. The molecule has 2 aromatic rings. The van der Waals surface area contributed by atoms with Gasteiger partial charge in [-0.25, -0.2) is 0 Å². The second-order valence-electron chi connectivity index (χ2n) is 4.30. The number of nitrogens with one attached hydrogen (secondary N) is 1. The van der Waals surface area contributed by atoms with Crippen molar-refractivity contribution >= 4 is 22.1 Å². The summed E-state index contributed by atoms with van der Waals surface area (Å²) in [5.41, 5.74) is 0. The summed E-state index contributed by atoms with van der Waals surface area (Å²) in [6.45, 7) is 0. The first-order valence-electron chi connectivity index (χ1n) is 6.38. The van der Waals surface area contributed by atoms with Crippen molar-refractivity contribution in [2.24, 2.45) is 5.10 Å². The van der Waals surface area contributed by atoms with E-state index in [4.69, 9.17) is 13.9 Å². The van der Waals surface area contributed by atoms with Crippen molar-refractivity contribution in [2.75, 3.05) is 14.2 Å². The molecule has 0 aliphatic carbocycles. The fourth-order valence-corrected chi connectivity index (χ4v) is 2.66. The van der Waals surface area contributed by atoms with Crippen LogP contribution < -0.4 is 14.3 Å². The highest BCUT2D eigenvalue weighted by atomic mass is 32.2. The lowest BCUT2D eigenvalue weighted by Gasteiger charge is -2.10. The van der Waals surface area contributed by atoms with Crippen LogP contribution in [0.25, 0.3) is 0 Å². The Hall–Kier alpha value is -3.08. The number of furan rings is 1. The van der Waals surface area contributed by atoms with Crippen molar-refractivity contribution in [1.82, 2.24) is 4.83 Å². The van der Waals surface area contributed by atoms with E-state index < -0.39 is 20.8 Å². The number of nitro groups is 1. The van der Waals surface area contributed by atoms with Crippen LogP contribution in [0.15, 0.2) is 44.7 Å². The predicted octanol–water partition coefficient (Wildman–Crippen LogP) is 1.52. The molecule has 24 heavy (non-hydrogen) atoms. The van der Waals surface area contributed by atoms with Gasteiger partial charge in [-0.2, -0.15) is 18.4 Å². The zero-order chi connectivity index (χ0) is 17.7. The molecule has 0 unspecified atom stereocenters. The highest BCUT2D eigenvalue weighted by Crippen LogP contribution is 2.28. The second-order valence-corrected chi connectivity index (χ2v) is 5.93. The van der Waals surface area contributed by atoms with Crippen LogP contribution in [-0.4, -0.2) is 33.8 Å². The van der Waals surface area contributed by atoms with Crippen LogP contribution in [0.2, 0.25) is 0 Å². The van der Waals surface area contributed by atoms with E-state index in [-0.39, 0.29) is 16.4 Å². The molecular weight excluding hydrogens is 342 g/mol. The van der Waals surface area contributed by atoms with Crippen LogP contribution >= 0.6 is 0 Å². The molecule has 10 nitrogen and oxygen atoms in total. The van der Waals surface area contributed by atoms with E-state index in [2.05, 4.69) is 5.10 Å². The summed E-state index contributed by atoms with van der Waals surface area (Å²) in [5.74, 6) is 0.0464. The average Bonchev–Trinajstić information content (AvgIpc) is 3.03. The van der Waals surface area contributed by atoms with Crippen molar-refractivity contribution in [3.8, 4) is 11.5 Å². The topological polar surface area (TPSA) is 133 Å². The van der Waals surface area contributed by atoms with Gasteiger partial charge >= 0.3 is 5.88 Å². The van der Waals surface area contributed by atoms with Crippen LogP contribution in [0.3, 0.4) is 0 Å². The lowest BCUT2D eigenvalue weighted by Crippen LogP contribution is -2.19. The van der Waals surface area contributed by atoms with Crippen molar-refractivity contribution in [1.29, 1.82) is 0 Å². The minimum Gasteiger partial charge on any atom is -0.497 e. The standard InChI is InChI=1S/C13H13N3O7S/c1-21-9-3-5-12(11(7-9)22-2)24(19,20)15-14-8-10-4-6-13(23-10)16(17)18/h3-8,15H,1-2H3. The number of sulfonamides is 1. The van der Waals surface area contributed by atoms with Crippen LogP contribution in [0, 0.1) is 10.1 Å². The van der Waals surface area contributed by atoms with Crippen molar-refractivity contribution in [2.45, 2.75) is 4.90 Å². The van der Waals surface area contributed by atoms with Crippen molar-refractivity contribution in [3.63, 3.8) is 0 Å². The molecule has 0 fully saturated rings. The van der Waals surface area contributed by atoms with Gasteiger partial charge in [0.1, 0.15) is 21.3 Å². The number of benzene rings is 1. The lowest BCUT2D eigenvalue weighted by molar-refractivity contribution is -0.402. The Morgan fingerprint density at radius 3 is 2.58 bits per heavy atom. The summed E-state index contributed by atoms with van der Waals surface area (Å²) in [6.07, 6.45) is 1.00. The van der Waals surface area contributed by atoms with E-state index in [1.54, 1.807) is 0 Å². The van der Waals surface area contributed by atoms with Crippen LogP contribution in [0.5, 0.6) is 11.5 Å². The maximum atomic E-state index is 12.2. The Balaban J connectivity index is 2.19. The van der Waals surface area contributed by atoms with E-state index >= 15 is 0 Å². The average molecular weight is 355 g/mol. The molecule has 2 rings (SSSR count). The van der Waals surface area contributed by atoms with Gasteiger partial charge in [0.05, 0.1) is 26.5 Å². The summed E-state index contributed by atoms with van der Waals surface area (Å²) in [5, 5.41) is 14.0. The van der Waals surface area contributed by atoms with E-state index in [9.17, 15) is 18.5 Å². The minimum absolute atomic E-state index is 0.0195. The van der Waals surface area contributed by atoms with E-state index in [1.807, 2.05) is 4.83 Å². The molecule has 0 atom stereocenters. The molecule has 1 aromatic heterocycles. The first-order chi connectivity index (χ1) is 11.4. The Bertz CT molecular complexity index is 873. The van der Waals surface area contributed by atoms with Gasteiger partial charge in [0, 0.05) is 6.07 Å². The third-order valence-corrected chi connectivity index (χ3v) is 4.08. The molecule has 0 saturated heterocycles. The Morgan fingerprint density at radius 1 is 1.25 bits per heavy atom. The van der Waals surface area contributed by atoms with Crippen molar-refractivity contribution in [3.05, 3.63) is 46.2 Å². The monoisotopic (exact) mass is 355 g/mol. The smallest absolute Gasteiger partial charge is 0.433 e. The predicted molar refractivity (Wildman–Crippen MR) is 82.8 cm³/mol. The second kappa shape index (κ2) is 7.00. The van der Waals surface area contributed by atoms with Gasteiger partial charge < -0.3 is 13.9 Å². The maximum absolute atomic E-state index is 12.2. The number of hydrogen-bond donors (Lipinski definition) is 1. The van der Waals surface area contributed by atoms with Crippen LogP contribution in [-0.2, 0) is 10.0 Å². The third-order valence-electron chi connectivity index (χ3n) is 2.82. The van der Waals surface area contributed by atoms with Gasteiger partial charge in [0.25, 0.3) is 10.0 Å². The highest BCUT2D eigenvalue weighted by molar-refractivity contribution is 7.89. The zero-order valence-corrected chi connectivity index (χ0v) is 13.4. The van der Waals surface area contributed by atoms with Crippen LogP contribution in [0.1, 0.15) is 5.76 Å². The molecule has 128 valence electrons. The number of rotatable bonds is 7.